The molecule has 0 saturated carbocycles. The Labute approximate surface area is 196 Å². The molecule has 1 N–H and O–H groups in total. The van der Waals surface area contributed by atoms with E-state index in [4.69, 9.17) is 4.74 Å². The molecular weight excluding hydrogens is 412 g/mol. The minimum Gasteiger partial charge on any atom is -0.483 e. The van der Waals surface area contributed by atoms with E-state index in [1.807, 2.05) is 93.6 Å². The van der Waals surface area contributed by atoms with Crippen molar-refractivity contribution in [1.82, 2.24) is 10.2 Å². The van der Waals surface area contributed by atoms with Gasteiger partial charge in [0.05, 0.1) is 0 Å². The van der Waals surface area contributed by atoms with Crippen LogP contribution in [0.3, 0.4) is 0 Å². The van der Waals surface area contributed by atoms with Crippen LogP contribution in [-0.2, 0) is 22.6 Å². The standard InChI is InChI=1S/C28H32N2O3/c1-20-9-8-12-24(16-20)18-30(25(28(32)29-4)17-23-10-6-5-7-11-23)27(31)19-33-26-14-13-21(2)15-22(26)3/h5-16,25H,17-19H2,1-4H3,(H,29,32)/t25-/m0/s1. The Bertz CT molecular complexity index is 1100. The number of ether oxygens (including phenoxy) is 1. The van der Waals surface area contributed by atoms with Crippen LogP contribution in [0.2, 0.25) is 0 Å². The number of nitrogens with one attached hydrogen (secondary N) is 1. The number of carbonyl (C=O) groups is 2. The summed E-state index contributed by atoms with van der Waals surface area (Å²) in [6, 6.07) is 22.9. The van der Waals surface area contributed by atoms with Gasteiger partial charge in [-0.05, 0) is 43.5 Å². The third-order valence-corrected chi connectivity index (χ3v) is 5.63. The van der Waals surface area contributed by atoms with Crippen molar-refractivity contribution in [3.63, 3.8) is 0 Å². The van der Waals surface area contributed by atoms with Gasteiger partial charge in [-0.15, -0.1) is 0 Å². The number of benzene rings is 3. The SMILES string of the molecule is CNC(=O)[C@H](Cc1ccccc1)N(Cc1cccc(C)c1)C(=O)COc1ccc(C)cc1C. The van der Waals surface area contributed by atoms with Crippen LogP contribution in [0.25, 0.3) is 0 Å². The summed E-state index contributed by atoms with van der Waals surface area (Å²) < 4.78 is 5.89. The van der Waals surface area contributed by atoms with Crippen molar-refractivity contribution in [2.75, 3.05) is 13.7 Å². The van der Waals surface area contributed by atoms with Crippen LogP contribution in [-0.4, -0.2) is 36.4 Å². The van der Waals surface area contributed by atoms with Crippen LogP contribution in [0.1, 0.15) is 27.8 Å². The zero-order valence-corrected chi connectivity index (χ0v) is 19.8. The second-order valence-corrected chi connectivity index (χ2v) is 8.39. The number of nitrogens with zero attached hydrogens (tertiary/aromatic N) is 1. The highest BCUT2D eigenvalue weighted by Gasteiger charge is 2.30. The summed E-state index contributed by atoms with van der Waals surface area (Å²) in [5, 5.41) is 2.73. The number of carbonyl (C=O) groups excluding carboxylic acids is 2. The fourth-order valence-electron chi connectivity index (χ4n) is 3.91. The molecular formula is C28H32N2O3. The number of hydrogen-bond acceptors (Lipinski definition) is 3. The number of rotatable bonds is 9. The lowest BCUT2D eigenvalue weighted by molar-refractivity contribution is -0.142. The summed E-state index contributed by atoms with van der Waals surface area (Å²) in [4.78, 5) is 28.0. The van der Waals surface area contributed by atoms with E-state index in [-0.39, 0.29) is 18.4 Å². The van der Waals surface area contributed by atoms with E-state index in [1.165, 1.54) is 0 Å². The zero-order valence-electron chi connectivity index (χ0n) is 19.8. The smallest absolute Gasteiger partial charge is 0.261 e. The van der Waals surface area contributed by atoms with Gasteiger partial charge in [0.2, 0.25) is 5.91 Å². The molecule has 3 rings (SSSR count). The van der Waals surface area contributed by atoms with Gasteiger partial charge in [-0.3, -0.25) is 9.59 Å². The fraction of sp³-hybridized carbons (Fsp3) is 0.286. The predicted molar refractivity (Wildman–Crippen MR) is 131 cm³/mol. The molecule has 0 aliphatic heterocycles. The van der Waals surface area contributed by atoms with Gasteiger partial charge in [-0.2, -0.15) is 0 Å². The Morgan fingerprint density at radius 1 is 0.879 bits per heavy atom. The fourth-order valence-corrected chi connectivity index (χ4v) is 3.91. The third-order valence-electron chi connectivity index (χ3n) is 5.63. The number of likely N-dealkylation sites (N-methyl/N-ethyl adjacent to an activating group) is 1. The highest BCUT2D eigenvalue weighted by molar-refractivity contribution is 5.88. The van der Waals surface area contributed by atoms with Gasteiger partial charge in [-0.1, -0.05) is 77.9 Å². The summed E-state index contributed by atoms with van der Waals surface area (Å²) in [7, 11) is 1.60. The van der Waals surface area contributed by atoms with Crippen molar-refractivity contribution >= 4 is 11.8 Å². The van der Waals surface area contributed by atoms with Crippen molar-refractivity contribution in [2.24, 2.45) is 0 Å². The lowest BCUT2D eigenvalue weighted by atomic mass is 10.0. The second kappa shape index (κ2) is 11.3. The largest absolute Gasteiger partial charge is 0.483 e. The Morgan fingerprint density at radius 3 is 2.24 bits per heavy atom. The molecule has 0 aliphatic rings. The average Bonchev–Trinajstić information content (AvgIpc) is 2.81. The topological polar surface area (TPSA) is 58.6 Å². The summed E-state index contributed by atoms with van der Waals surface area (Å²) in [5.74, 6) is 0.233. The van der Waals surface area contributed by atoms with Crippen molar-refractivity contribution in [1.29, 1.82) is 0 Å². The molecule has 0 bridgehead atoms. The molecule has 0 unspecified atom stereocenters. The molecule has 3 aromatic carbocycles. The summed E-state index contributed by atoms with van der Waals surface area (Å²) in [6.07, 6.45) is 0.418. The van der Waals surface area contributed by atoms with Gasteiger partial charge in [0.1, 0.15) is 11.8 Å². The van der Waals surface area contributed by atoms with Crippen LogP contribution < -0.4 is 10.1 Å². The van der Waals surface area contributed by atoms with E-state index in [9.17, 15) is 9.59 Å². The minimum absolute atomic E-state index is 0.141. The number of aryl methyl sites for hydroxylation is 3. The van der Waals surface area contributed by atoms with E-state index in [0.29, 0.717) is 18.7 Å². The molecule has 0 saturated heterocycles. The number of amides is 2. The van der Waals surface area contributed by atoms with E-state index in [2.05, 4.69) is 5.32 Å². The third kappa shape index (κ3) is 6.69. The predicted octanol–water partition coefficient (Wildman–Crippen LogP) is 4.38. The summed E-state index contributed by atoms with van der Waals surface area (Å²) >= 11 is 0. The molecule has 0 radical (unpaired) electrons. The molecule has 1 atom stereocenters. The Kier molecular flexibility index (Phi) is 8.25. The van der Waals surface area contributed by atoms with Crippen molar-refractivity contribution in [2.45, 2.75) is 39.8 Å². The van der Waals surface area contributed by atoms with Gasteiger partial charge < -0.3 is 15.0 Å². The zero-order chi connectivity index (χ0) is 23.8. The summed E-state index contributed by atoms with van der Waals surface area (Å²) in [6.45, 7) is 6.17. The van der Waals surface area contributed by atoms with Crippen LogP contribution in [0.4, 0.5) is 0 Å². The number of hydrogen-bond donors (Lipinski definition) is 1. The van der Waals surface area contributed by atoms with Crippen molar-refractivity contribution in [3.8, 4) is 5.75 Å². The van der Waals surface area contributed by atoms with E-state index >= 15 is 0 Å². The molecule has 33 heavy (non-hydrogen) atoms. The normalized spacial score (nSPS) is 11.5. The van der Waals surface area contributed by atoms with Gasteiger partial charge in [-0.25, -0.2) is 0 Å². The lowest BCUT2D eigenvalue weighted by Gasteiger charge is -2.31. The Hall–Kier alpha value is -3.60. The lowest BCUT2D eigenvalue weighted by Crippen LogP contribution is -2.51. The van der Waals surface area contributed by atoms with Crippen molar-refractivity contribution < 1.29 is 14.3 Å². The maximum absolute atomic E-state index is 13.5. The molecule has 2 amide bonds. The van der Waals surface area contributed by atoms with Gasteiger partial charge >= 0.3 is 0 Å². The molecule has 5 nitrogen and oxygen atoms in total. The van der Waals surface area contributed by atoms with E-state index in [1.54, 1.807) is 11.9 Å². The first-order chi connectivity index (χ1) is 15.9. The molecule has 3 aromatic rings. The molecule has 0 aromatic heterocycles. The quantitative estimate of drug-likeness (QED) is 0.533. The Morgan fingerprint density at radius 2 is 1.58 bits per heavy atom. The monoisotopic (exact) mass is 444 g/mol. The van der Waals surface area contributed by atoms with Crippen LogP contribution >= 0.6 is 0 Å². The summed E-state index contributed by atoms with van der Waals surface area (Å²) in [5.41, 5.74) is 5.17. The Balaban J connectivity index is 1.88. The van der Waals surface area contributed by atoms with Crippen LogP contribution in [0.15, 0.2) is 72.8 Å². The minimum atomic E-state index is -0.659. The van der Waals surface area contributed by atoms with Gasteiger partial charge in [0, 0.05) is 20.0 Å². The second-order valence-electron chi connectivity index (χ2n) is 8.39. The van der Waals surface area contributed by atoms with Gasteiger partial charge in [0.25, 0.3) is 5.91 Å². The highest BCUT2D eigenvalue weighted by Crippen LogP contribution is 2.20. The van der Waals surface area contributed by atoms with E-state index < -0.39 is 6.04 Å². The van der Waals surface area contributed by atoms with Crippen LogP contribution in [0, 0.1) is 20.8 Å². The van der Waals surface area contributed by atoms with Crippen LogP contribution in [0.5, 0.6) is 5.75 Å². The molecule has 172 valence electrons. The first-order valence-corrected chi connectivity index (χ1v) is 11.2. The maximum Gasteiger partial charge on any atom is 0.261 e. The van der Waals surface area contributed by atoms with Crippen molar-refractivity contribution in [3.05, 3.63) is 101 Å². The molecule has 0 spiro atoms. The average molecular weight is 445 g/mol. The highest BCUT2D eigenvalue weighted by atomic mass is 16.5. The maximum atomic E-state index is 13.5. The molecule has 0 heterocycles. The first-order valence-electron chi connectivity index (χ1n) is 11.2. The molecule has 0 fully saturated rings. The molecule has 5 heteroatoms. The molecule has 0 aliphatic carbocycles. The first kappa shape index (κ1) is 24.1. The van der Waals surface area contributed by atoms with E-state index in [0.717, 1.165) is 27.8 Å². The van der Waals surface area contributed by atoms with Gasteiger partial charge in [0.15, 0.2) is 6.61 Å².